The van der Waals surface area contributed by atoms with Crippen molar-refractivity contribution < 1.29 is 9.53 Å². The van der Waals surface area contributed by atoms with E-state index in [1.54, 1.807) is 0 Å². The molecule has 114 valence electrons. The highest BCUT2D eigenvalue weighted by Gasteiger charge is 2.40. The van der Waals surface area contributed by atoms with E-state index in [2.05, 4.69) is 5.32 Å². The Labute approximate surface area is 127 Å². The molecule has 3 nitrogen and oxygen atoms in total. The van der Waals surface area contributed by atoms with Crippen LogP contribution in [0.3, 0.4) is 0 Å². The highest BCUT2D eigenvalue weighted by atomic mass is 16.5. The fourth-order valence-corrected chi connectivity index (χ4v) is 3.87. The highest BCUT2D eigenvalue weighted by molar-refractivity contribution is 5.81. The summed E-state index contributed by atoms with van der Waals surface area (Å²) in [6.45, 7) is 4.03. The molecule has 0 aromatic heterocycles. The zero-order chi connectivity index (χ0) is 14.8. The fraction of sp³-hybridized carbons (Fsp3) is 0.611. The van der Waals surface area contributed by atoms with Crippen LogP contribution in [0, 0.1) is 18.8 Å². The molecule has 0 aliphatic heterocycles. The lowest BCUT2D eigenvalue weighted by Gasteiger charge is -2.25. The summed E-state index contributed by atoms with van der Waals surface area (Å²) >= 11 is 0. The van der Waals surface area contributed by atoms with Gasteiger partial charge in [0, 0.05) is 6.04 Å². The van der Waals surface area contributed by atoms with Crippen molar-refractivity contribution in [3.8, 4) is 5.75 Å². The Kier molecular flexibility index (Phi) is 4.18. The van der Waals surface area contributed by atoms with Crippen LogP contribution in [0.4, 0.5) is 0 Å². The molecule has 2 aliphatic carbocycles. The van der Waals surface area contributed by atoms with Crippen molar-refractivity contribution in [2.75, 3.05) is 0 Å². The van der Waals surface area contributed by atoms with Crippen LogP contribution < -0.4 is 10.1 Å². The minimum Gasteiger partial charge on any atom is -0.481 e. The standard InChI is InChI=1S/C18H25NO2/c1-3-17(21-15-6-4-5-12(2)9-15)18(20)19-16-11-13-7-8-14(16)10-13/h4-6,9,13-14,16-17H,3,7-8,10-11H2,1-2H3,(H,19,20). The third-order valence-corrected chi connectivity index (χ3v) is 5.00. The van der Waals surface area contributed by atoms with Gasteiger partial charge in [-0.3, -0.25) is 4.79 Å². The van der Waals surface area contributed by atoms with Crippen LogP contribution in [0.1, 0.15) is 44.6 Å². The zero-order valence-electron chi connectivity index (χ0n) is 13.0. The van der Waals surface area contributed by atoms with Gasteiger partial charge in [0.05, 0.1) is 0 Å². The van der Waals surface area contributed by atoms with Gasteiger partial charge in [-0.25, -0.2) is 0 Å². The number of rotatable bonds is 5. The van der Waals surface area contributed by atoms with Gasteiger partial charge in [0.2, 0.25) is 0 Å². The SMILES string of the molecule is CCC(Oc1cccc(C)c1)C(=O)NC1CC2CCC1C2. The van der Waals surface area contributed by atoms with Crippen LogP contribution in [0.25, 0.3) is 0 Å². The van der Waals surface area contributed by atoms with Crippen molar-refractivity contribution >= 4 is 5.91 Å². The maximum absolute atomic E-state index is 12.5. The van der Waals surface area contributed by atoms with Gasteiger partial charge < -0.3 is 10.1 Å². The van der Waals surface area contributed by atoms with Crippen molar-refractivity contribution in [3.05, 3.63) is 29.8 Å². The predicted molar refractivity (Wildman–Crippen MR) is 83.3 cm³/mol. The molecule has 0 radical (unpaired) electrons. The normalized spacial score (nSPS) is 28.4. The number of amides is 1. The molecule has 4 unspecified atom stereocenters. The summed E-state index contributed by atoms with van der Waals surface area (Å²) in [5, 5.41) is 3.23. The van der Waals surface area contributed by atoms with E-state index in [0.717, 1.165) is 23.7 Å². The average molecular weight is 287 g/mol. The molecule has 3 heteroatoms. The van der Waals surface area contributed by atoms with Crippen LogP contribution in [-0.4, -0.2) is 18.1 Å². The van der Waals surface area contributed by atoms with Crippen molar-refractivity contribution in [3.63, 3.8) is 0 Å². The van der Waals surface area contributed by atoms with Crippen molar-refractivity contribution in [2.45, 2.75) is 58.1 Å². The summed E-state index contributed by atoms with van der Waals surface area (Å²) in [5.74, 6) is 2.38. The Morgan fingerprint density at radius 1 is 1.38 bits per heavy atom. The highest BCUT2D eigenvalue weighted by Crippen LogP contribution is 2.44. The van der Waals surface area contributed by atoms with E-state index in [9.17, 15) is 4.79 Å². The minimum atomic E-state index is -0.383. The molecule has 1 aromatic carbocycles. The van der Waals surface area contributed by atoms with Crippen LogP contribution >= 0.6 is 0 Å². The monoisotopic (exact) mass is 287 g/mol. The molecule has 1 N–H and O–H groups in total. The van der Waals surface area contributed by atoms with Gasteiger partial charge in [-0.1, -0.05) is 25.5 Å². The van der Waals surface area contributed by atoms with Crippen molar-refractivity contribution in [1.82, 2.24) is 5.32 Å². The van der Waals surface area contributed by atoms with Crippen molar-refractivity contribution in [2.24, 2.45) is 11.8 Å². The molecule has 21 heavy (non-hydrogen) atoms. The largest absolute Gasteiger partial charge is 0.481 e. The lowest BCUT2D eigenvalue weighted by Crippen LogP contribution is -2.45. The van der Waals surface area contributed by atoms with Gasteiger partial charge in [0.25, 0.3) is 5.91 Å². The molecule has 4 atom stereocenters. The summed E-state index contributed by atoms with van der Waals surface area (Å²) in [6, 6.07) is 8.27. The van der Waals surface area contributed by atoms with E-state index in [-0.39, 0.29) is 12.0 Å². The Hall–Kier alpha value is -1.51. The first kappa shape index (κ1) is 14.4. The lowest BCUT2D eigenvalue weighted by molar-refractivity contribution is -0.129. The molecule has 0 heterocycles. The number of ether oxygens (including phenoxy) is 1. The topological polar surface area (TPSA) is 38.3 Å². The Bertz CT molecular complexity index is 514. The number of hydrogen-bond donors (Lipinski definition) is 1. The van der Waals surface area contributed by atoms with E-state index in [0.29, 0.717) is 18.4 Å². The molecule has 0 spiro atoms. The van der Waals surface area contributed by atoms with Gasteiger partial charge in [-0.15, -0.1) is 0 Å². The van der Waals surface area contributed by atoms with Crippen LogP contribution in [0.15, 0.2) is 24.3 Å². The smallest absolute Gasteiger partial charge is 0.261 e. The number of carbonyl (C=O) groups is 1. The molecule has 1 aromatic rings. The van der Waals surface area contributed by atoms with Crippen molar-refractivity contribution in [1.29, 1.82) is 0 Å². The van der Waals surface area contributed by atoms with E-state index in [1.807, 2.05) is 38.1 Å². The molecule has 0 saturated heterocycles. The van der Waals surface area contributed by atoms with Crippen LogP contribution in [-0.2, 0) is 4.79 Å². The fourth-order valence-electron chi connectivity index (χ4n) is 3.87. The summed E-state index contributed by atoms with van der Waals surface area (Å²) in [7, 11) is 0. The maximum atomic E-state index is 12.5. The second-order valence-electron chi connectivity index (χ2n) is 6.62. The van der Waals surface area contributed by atoms with Crippen LogP contribution in [0.2, 0.25) is 0 Å². The van der Waals surface area contributed by atoms with E-state index >= 15 is 0 Å². The van der Waals surface area contributed by atoms with Crippen LogP contribution in [0.5, 0.6) is 5.75 Å². The van der Waals surface area contributed by atoms with E-state index in [1.165, 1.54) is 19.3 Å². The molecule has 2 saturated carbocycles. The Morgan fingerprint density at radius 3 is 2.86 bits per heavy atom. The molecular formula is C18H25NO2. The van der Waals surface area contributed by atoms with E-state index in [4.69, 9.17) is 4.74 Å². The molecule has 2 aliphatic rings. The third kappa shape index (κ3) is 3.22. The summed E-state index contributed by atoms with van der Waals surface area (Å²) in [5.41, 5.74) is 1.15. The lowest BCUT2D eigenvalue weighted by atomic mass is 9.95. The Balaban J connectivity index is 1.59. The van der Waals surface area contributed by atoms with Gasteiger partial charge in [-0.05, 0) is 62.1 Å². The number of nitrogens with one attached hydrogen (secondary N) is 1. The molecule has 2 bridgehead atoms. The average Bonchev–Trinajstić information content (AvgIpc) is 3.07. The second-order valence-corrected chi connectivity index (χ2v) is 6.62. The predicted octanol–water partition coefficient (Wildman–Crippen LogP) is 3.46. The zero-order valence-corrected chi connectivity index (χ0v) is 13.0. The molecule has 2 fully saturated rings. The third-order valence-electron chi connectivity index (χ3n) is 5.00. The van der Waals surface area contributed by atoms with E-state index < -0.39 is 0 Å². The molecule has 1 amide bonds. The first-order valence-corrected chi connectivity index (χ1v) is 8.19. The first-order valence-electron chi connectivity index (χ1n) is 8.19. The van der Waals surface area contributed by atoms with Gasteiger partial charge in [0.1, 0.15) is 5.75 Å². The second kappa shape index (κ2) is 6.08. The van der Waals surface area contributed by atoms with Gasteiger partial charge in [0.15, 0.2) is 6.10 Å². The maximum Gasteiger partial charge on any atom is 0.261 e. The molecule has 3 rings (SSSR count). The number of hydrogen-bond acceptors (Lipinski definition) is 2. The quantitative estimate of drug-likeness (QED) is 0.900. The minimum absolute atomic E-state index is 0.0524. The van der Waals surface area contributed by atoms with Gasteiger partial charge in [-0.2, -0.15) is 0 Å². The number of carbonyl (C=O) groups excluding carboxylic acids is 1. The number of aryl methyl sites for hydroxylation is 1. The number of benzene rings is 1. The summed E-state index contributed by atoms with van der Waals surface area (Å²) < 4.78 is 5.88. The van der Waals surface area contributed by atoms with Gasteiger partial charge >= 0.3 is 0 Å². The summed E-state index contributed by atoms with van der Waals surface area (Å²) in [6.07, 6.45) is 5.42. The first-order chi connectivity index (χ1) is 10.2. The Morgan fingerprint density at radius 2 is 2.24 bits per heavy atom. The molecular weight excluding hydrogens is 262 g/mol. The summed E-state index contributed by atoms with van der Waals surface area (Å²) in [4.78, 5) is 12.5. The number of fused-ring (bicyclic) bond motifs is 2.